The zero-order valence-electron chi connectivity index (χ0n) is 21.9. The van der Waals surface area contributed by atoms with Gasteiger partial charge in [-0.1, -0.05) is 91.0 Å². The van der Waals surface area contributed by atoms with Crippen LogP contribution in [-0.4, -0.2) is 26.2 Å². The smallest absolute Gasteiger partial charge is 0.270 e. The number of rotatable bonds is 8. The van der Waals surface area contributed by atoms with Crippen molar-refractivity contribution in [1.29, 1.82) is 0 Å². The summed E-state index contributed by atoms with van der Waals surface area (Å²) < 4.78 is 2.02. The molecule has 0 saturated carbocycles. The van der Waals surface area contributed by atoms with Crippen LogP contribution < -0.4 is 5.32 Å². The van der Waals surface area contributed by atoms with Crippen molar-refractivity contribution in [2.45, 2.75) is 12.5 Å². The molecular weight excluding hydrogens is 498 g/mol. The van der Waals surface area contributed by atoms with Crippen LogP contribution in [0.25, 0.3) is 22.2 Å². The lowest BCUT2D eigenvalue weighted by Gasteiger charge is -2.37. The number of non-ortho nitro benzene ring substituents is 1. The van der Waals surface area contributed by atoms with Crippen molar-refractivity contribution in [3.8, 4) is 11.3 Å². The summed E-state index contributed by atoms with van der Waals surface area (Å²) in [6.45, 7) is 2.73. The summed E-state index contributed by atoms with van der Waals surface area (Å²) in [5, 5.41) is 21.1. The molecule has 7 nitrogen and oxygen atoms in total. The van der Waals surface area contributed by atoms with E-state index in [9.17, 15) is 10.1 Å². The summed E-state index contributed by atoms with van der Waals surface area (Å²) in [4.78, 5) is 15.9. The molecule has 0 radical (unpaired) electrons. The number of hydrogen-bond donors (Lipinski definition) is 1. The van der Waals surface area contributed by atoms with E-state index in [1.807, 2.05) is 78.3 Å². The number of benzene rings is 4. The lowest BCUT2D eigenvalue weighted by atomic mass is 9.77. The molecule has 6 aromatic rings. The van der Waals surface area contributed by atoms with Crippen LogP contribution in [0.15, 0.2) is 128 Å². The standard InChI is InChI=1S/C33H27N5O2/c1-2-34-31-22-24(20-21-35-31)32-29-23-28(38(39)40)18-19-30(29)37(36-32)33(25-12-6-3-7-13-25,26-14-8-4-9-15-26)27-16-10-5-11-17-27/h3-23H,2H2,1H3,(H,34,35). The second-order valence-corrected chi connectivity index (χ2v) is 9.49. The maximum Gasteiger partial charge on any atom is 0.270 e. The molecule has 0 aliphatic rings. The Kier molecular flexibility index (Phi) is 6.54. The van der Waals surface area contributed by atoms with Gasteiger partial charge in [-0.3, -0.25) is 10.1 Å². The molecule has 196 valence electrons. The molecule has 2 heterocycles. The first kappa shape index (κ1) is 25.0. The molecule has 40 heavy (non-hydrogen) atoms. The minimum atomic E-state index is -0.867. The van der Waals surface area contributed by atoms with Crippen LogP contribution in [-0.2, 0) is 5.54 Å². The summed E-state index contributed by atoms with van der Waals surface area (Å²) in [7, 11) is 0. The van der Waals surface area contributed by atoms with E-state index in [4.69, 9.17) is 5.10 Å². The molecule has 0 amide bonds. The SMILES string of the molecule is CCNc1cc(-c2nn(C(c3ccccc3)(c3ccccc3)c3ccccc3)c3ccc([N+](=O)[O-])cc23)ccn1. The van der Waals surface area contributed by atoms with E-state index < -0.39 is 5.54 Å². The van der Waals surface area contributed by atoms with Crippen LogP contribution in [0.1, 0.15) is 23.6 Å². The van der Waals surface area contributed by atoms with E-state index in [1.165, 1.54) is 0 Å². The summed E-state index contributed by atoms with van der Waals surface area (Å²) in [6.07, 6.45) is 1.73. The zero-order valence-corrected chi connectivity index (χ0v) is 21.9. The second-order valence-electron chi connectivity index (χ2n) is 9.49. The fraction of sp³-hybridized carbons (Fsp3) is 0.0909. The first-order valence-corrected chi connectivity index (χ1v) is 13.2. The number of hydrogen-bond acceptors (Lipinski definition) is 5. The molecule has 0 unspecified atom stereocenters. The summed E-state index contributed by atoms with van der Waals surface area (Å²) >= 11 is 0. The maximum absolute atomic E-state index is 11.9. The highest BCUT2D eigenvalue weighted by molar-refractivity contribution is 5.95. The number of nitro benzene ring substituents is 1. The van der Waals surface area contributed by atoms with Crippen LogP contribution in [0.2, 0.25) is 0 Å². The highest BCUT2D eigenvalue weighted by Gasteiger charge is 2.41. The normalized spacial score (nSPS) is 11.4. The van der Waals surface area contributed by atoms with Gasteiger partial charge in [0.15, 0.2) is 0 Å². The Balaban J connectivity index is 1.77. The van der Waals surface area contributed by atoms with Gasteiger partial charge in [0.25, 0.3) is 5.69 Å². The van der Waals surface area contributed by atoms with Gasteiger partial charge in [-0.25, -0.2) is 9.67 Å². The second kappa shape index (κ2) is 10.5. The monoisotopic (exact) mass is 525 g/mol. The first-order chi connectivity index (χ1) is 19.6. The van der Waals surface area contributed by atoms with Crippen molar-refractivity contribution in [2.24, 2.45) is 0 Å². The Morgan fingerprint density at radius 1 is 0.800 bits per heavy atom. The van der Waals surface area contributed by atoms with Gasteiger partial charge in [0.2, 0.25) is 0 Å². The Morgan fingerprint density at radius 2 is 1.38 bits per heavy atom. The average molecular weight is 526 g/mol. The zero-order chi connectivity index (χ0) is 27.5. The molecule has 0 bridgehead atoms. The average Bonchev–Trinajstić information content (AvgIpc) is 3.39. The third kappa shape index (κ3) is 4.18. The van der Waals surface area contributed by atoms with Gasteiger partial charge >= 0.3 is 0 Å². The molecule has 0 fully saturated rings. The highest BCUT2D eigenvalue weighted by Crippen LogP contribution is 2.44. The molecule has 0 spiro atoms. The van der Waals surface area contributed by atoms with E-state index in [1.54, 1.807) is 24.4 Å². The Labute approximate surface area is 231 Å². The highest BCUT2D eigenvalue weighted by atomic mass is 16.6. The molecule has 1 N–H and O–H groups in total. The van der Waals surface area contributed by atoms with Gasteiger partial charge in [-0.15, -0.1) is 0 Å². The summed E-state index contributed by atoms with van der Waals surface area (Å²) in [5.74, 6) is 0.716. The summed E-state index contributed by atoms with van der Waals surface area (Å²) in [6, 6.07) is 39.6. The van der Waals surface area contributed by atoms with Crippen LogP contribution in [0.4, 0.5) is 11.5 Å². The molecule has 6 rings (SSSR count). The fourth-order valence-electron chi connectivity index (χ4n) is 5.45. The predicted octanol–water partition coefficient (Wildman–Crippen LogP) is 7.28. The summed E-state index contributed by atoms with van der Waals surface area (Å²) in [5.41, 5.74) is 4.44. The van der Waals surface area contributed by atoms with E-state index in [0.29, 0.717) is 16.9 Å². The van der Waals surface area contributed by atoms with E-state index >= 15 is 0 Å². The number of nitrogens with zero attached hydrogens (tertiary/aromatic N) is 4. The van der Waals surface area contributed by atoms with Crippen molar-refractivity contribution >= 4 is 22.4 Å². The minimum Gasteiger partial charge on any atom is -0.370 e. The largest absolute Gasteiger partial charge is 0.370 e. The molecule has 2 aromatic heterocycles. The Bertz CT molecular complexity index is 1690. The first-order valence-electron chi connectivity index (χ1n) is 13.2. The molecular formula is C33H27N5O2. The molecule has 0 aliphatic carbocycles. The minimum absolute atomic E-state index is 0.0130. The van der Waals surface area contributed by atoms with Gasteiger partial charge in [0, 0.05) is 35.8 Å². The molecule has 0 saturated heterocycles. The van der Waals surface area contributed by atoms with Gasteiger partial charge in [-0.2, -0.15) is 5.10 Å². The number of pyridine rings is 1. The topological polar surface area (TPSA) is 85.9 Å². The van der Waals surface area contributed by atoms with Crippen molar-refractivity contribution in [1.82, 2.24) is 14.8 Å². The quantitative estimate of drug-likeness (QED) is 0.128. The van der Waals surface area contributed by atoms with Gasteiger partial charge in [0.05, 0.1) is 10.4 Å². The van der Waals surface area contributed by atoms with Crippen molar-refractivity contribution < 1.29 is 4.92 Å². The van der Waals surface area contributed by atoms with Crippen molar-refractivity contribution in [3.63, 3.8) is 0 Å². The van der Waals surface area contributed by atoms with Crippen LogP contribution >= 0.6 is 0 Å². The van der Waals surface area contributed by atoms with Crippen molar-refractivity contribution in [2.75, 3.05) is 11.9 Å². The lowest BCUT2D eigenvalue weighted by Crippen LogP contribution is -2.38. The molecule has 0 atom stereocenters. The predicted molar refractivity (Wildman–Crippen MR) is 158 cm³/mol. The van der Waals surface area contributed by atoms with E-state index in [0.717, 1.165) is 34.3 Å². The van der Waals surface area contributed by atoms with Gasteiger partial charge in [-0.05, 0) is 41.8 Å². The van der Waals surface area contributed by atoms with E-state index in [2.05, 4.69) is 46.7 Å². The third-order valence-corrected chi connectivity index (χ3v) is 7.16. The number of aromatic nitrogens is 3. The third-order valence-electron chi connectivity index (χ3n) is 7.16. The number of nitrogens with one attached hydrogen (secondary N) is 1. The number of nitro groups is 1. The Hall–Kier alpha value is -5.30. The van der Waals surface area contributed by atoms with Crippen LogP contribution in [0.5, 0.6) is 0 Å². The molecule has 0 aliphatic heterocycles. The molecule has 4 aromatic carbocycles. The fourth-order valence-corrected chi connectivity index (χ4v) is 5.45. The van der Waals surface area contributed by atoms with Crippen LogP contribution in [0, 0.1) is 10.1 Å². The van der Waals surface area contributed by atoms with E-state index in [-0.39, 0.29) is 10.6 Å². The number of fused-ring (bicyclic) bond motifs is 1. The van der Waals surface area contributed by atoms with Gasteiger partial charge in [0.1, 0.15) is 17.1 Å². The number of anilines is 1. The Morgan fingerprint density at radius 3 is 1.90 bits per heavy atom. The van der Waals surface area contributed by atoms with Gasteiger partial charge < -0.3 is 5.32 Å². The lowest BCUT2D eigenvalue weighted by molar-refractivity contribution is -0.384. The maximum atomic E-state index is 11.9. The van der Waals surface area contributed by atoms with Crippen molar-refractivity contribution in [3.05, 3.63) is 154 Å². The molecule has 7 heteroatoms. The van der Waals surface area contributed by atoms with Crippen LogP contribution in [0.3, 0.4) is 0 Å².